The Bertz CT molecular complexity index is 2720. The molecular formula is C46H52N4O14. The maximum Gasteiger partial charge on any atom is 0.319 e. The third kappa shape index (κ3) is 8.38. The number of nitrogens with one attached hydrogen (secondary N) is 1. The Hall–Kier alpha value is -6.76. The van der Waals surface area contributed by atoms with Crippen molar-refractivity contribution < 1.29 is 64.0 Å². The lowest BCUT2D eigenvalue weighted by Gasteiger charge is -2.38. The van der Waals surface area contributed by atoms with Gasteiger partial charge in [0.2, 0.25) is 0 Å². The van der Waals surface area contributed by atoms with E-state index < -0.39 is 122 Å². The van der Waals surface area contributed by atoms with Crippen LogP contribution in [0.1, 0.15) is 70.0 Å². The van der Waals surface area contributed by atoms with Crippen molar-refractivity contribution in [3.05, 3.63) is 87.4 Å². The minimum atomic E-state index is -2.16. The van der Waals surface area contributed by atoms with E-state index in [1.54, 1.807) is 45.9 Å². The molecule has 0 spiro atoms. The summed E-state index contributed by atoms with van der Waals surface area (Å²) >= 11 is 0. The number of Topliss-reactive ketones (excluding diaryl/α,β-unsaturated/α-hetero) is 1. The smallest absolute Gasteiger partial charge is 0.319 e. The van der Waals surface area contributed by atoms with E-state index in [-0.39, 0.29) is 33.4 Å². The average Bonchev–Trinajstić information content (AvgIpc) is 3.52. The molecule has 7 rings (SSSR count). The summed E-state index contributed by atoms with van der Waals surface area (Å²) in [5.74, 6) is -9.66. The first-order valence-electron chi connectivity index (χ1n) is 20.5. The largest absolute Gasteiger partial charge is 0.507 e. The van der Waals surface area contributed by atoms with E-state index in [0.717, 1.165) is 12.5 Å². The number of hydrogen-bond donors (Lipinski definition) is 7. The highest BCUT2D eigenvalue weighted by Crippen LogP contribution is 2.55. The van der Waals surface area contributed by atoms with Gasteiger partial charge in [-0.3, -0.25) is 19.2 Å². The van der Waals surface area contributed by atoms with Gasteiger partial charge in [0.25, 0.3) is 17.2 Å². The van der Waals surface area contributed by atoms with E-state index in [0.29, 0.717) is 4.68 Å². The second-order valence-electron chi connectivity index (χ2n) is 16.4. The zero-order valence-electron chi connectivity index (χ0n) is 36.7. The second-order valence-corrected chi connectivity index (χ2v) is 16.4. The number of benzene rings is 3. The predicted molar refractivity (Wildman–Crippen MR) is 234 cm³/mol. The molecule has 0 aliphatic carbocycles. The van der Waals surface area contributed by atoms with Crippen LogP contribution in [0.5, 0.6) is 29.0 Å². The molecule has 1 amide bonds. The fraction of sp³-hybridized carbons (Fsp3) is 0.391. The molecule has 340 valence electrons. The first-order valence-corrected chi connectivity index (χ1v) is 20.5. The molecule has 5 bridgehead atoms. The third-order valence-electron chi connectivity index (χ3n) is 12.1. The molecule has 0 fully saturated rings. The molecule has 3 aromatic carbocycles. The molecule has 0 unspecified atom stereocenters. The number of phenolic OH excluding ortho intramolecular Hbond substituents is 3. The van der Waals surface area contributed by atoms with Gasteiger partial charge in [-0.05, 0) is 32.1 Å². The Morgan fingerprint density at radius 1 is 0.938 bits per heavy atom. The van der Waals surface area contributed by atoms with E-state index in [9.17, 15) is 49.8 Å². The zero-order chi connectivity index (χ0) is 47.1. The molecule has 3 aliphatic rings. The number of para-hydroxylation sites is 1. The fourth-order valence-corrected chi connectivity index (χ4v) is 8.20. The first kappa shape index (κ1) is 46.7. The zero-order valence-corrected chi connectivity index (χ0v) is 36.7. The quantitative estimate of drug-likeness (QED) is 0.0612. The fourth-order valence-electron chi connectivity index (χ4n) is 8.20. The number of carbonyl (C=O) groups excluding carboxylic acids is 3. The summed E-state index contributed by atoms with van der Waals surface area (Å²) in [7, 11) is 1.40. The number of esters is 1. The highest BCUT2D eigenvalue weighted by molar-refractivity contribution is 6.24. The number of aliphatic hydroxyl groups is 2. The number of ketones is 1. The van der Waals surface area contributed by atoms with Gasteiger partial charge >= 0.3 is 17.8 Å². The molecule has 64 heavy (non-hydrogen) atoms. The second kappa shape index (κ2) is 18.1. The Morgan fingerprint density at radius 2 is 1.62 bits per heavy atom. The van der Waals surface area contributed by atoms with Gasteiger partial charge < -0.3 is 54.9 Å². The summed E-state index contributed by atoms with van der Waals surface area (Å²) in [5.41, 5.74) is -1.95. The Labute approximate surface area is 367 Å². The van der Waals surface area contributed by atoms with Crippen molar-refractivity contribution in [1.29, 1.82) is 0 Å². The van der Waals surface area contributed by atoms with Crippen LogP contribution in [-0.2, 0) is 23.8 Å². The summed E-state index contributed by atoms with van der Waals surface area (Å²) < 4.78 is 24.0. The Kier molecular flexibility index (Phi) is 13.3. The number of aromatic hydroxyl groups is 4. The minimum absolute atomic E-state index is 0.0447. The number of aromatic nitrogens is 2. The van der Waals surface area contributed by atoms with E-state index in [1.807, 2.05) is 0 Å². The number of methoxy groups -OCH3 is 1. The van der Waals surface area contributed by atoms with Crippen LogP contribution >= 0.6 is 0 Å². The van der Waals surface area contributed by atoms with Gasteiger partial charge in [-0.25, -0.2) is 0 Å². The number of phenols is 3. The molecule has 18 nitrogen and oxygen atoms in total. The van der Waals surface area contributed by atoms with Crippen LogP contribution in [0, 0.1) is 30.6 Å². The van der Waals surface area contributed by atoms with Crippen LogP contribution in [0.25, 0.3) is 21.7 Å². The molecular weight excluding hydrogens is 833 g/mol. The summed E-state index contributed by atoms with van der Waals surface area (Å²) in [6.07, 6.45) is 3.86. The Morgan fingerprint density at radius 3 is 2.30 bits per heavy atom. The molecule has 9 atom stereocenters. The maximum absolute atomic E-state index is 14.5. The number of hydrogen-bond acceptors (Lipinski definition) is 16. The monoisotopic (exact) mass is 884 g/mol. The number of amides is 1. The molecule has 0 saturated carbocycles. The van der Waals surface area contributed by atoms with Crippen LogP contribution in [0.2, 0.25) is 0 Å². The van der Waals surface area contributed by atoms with Crippen molar-refractivity contribution in [2.75, 3.05) is 12.4 Å². The van der Waals surface area contributed by atoms with Crippen LogP contribution in [0.15, 0.2) is 70.3 Å². The van der Waals surface area contributed by atoms with Gasteiger partial charge in [0.05, 0.1) is 63.9 Å². The lowest BCUT2D eigenvalue weighted by Crippen LogP contribution is -2.46. The van der Waals surface area contributed by atoms with E-state index in [1.165, 1.54) is 65.2 Å². The number of carbonyl (C=O) groups is 3. The van der Waals surface area contributed by atoms with Gasteiger partial charge in [-0.2, -0.15) is 10.1 Å². The van der Waals surface area contributed by atoms with Crippen molar-refractivity contribution in [1.82, 2.24) is 9.66 Å². The summed E-state index contributed by atoms with van der Waals surface area (Å²) in [6, 6.07) is 5.31. The molecule has 1 aromatic heterocycles. The standard InChI is InChI=1S/C46H52N4O14/c1-20-13-12-14-21(2)43(58)49-34-28(19-47-50-44(59)27-15-10-11-16-29(27)48-45(50)60)38(55)31-32(39(34)56)37(54)25(6)41-33(31)42(57)46(8,64-41)62-18-17-30(61-9)22(3)40(63-26(7)51)24(5)36(53)23(4)35(20)52/h10-20,22-24,30,35-36,40,52-56H,1-9H3,(H,48,60)(H,49,58)/t20-,22+,23-,24-,30+,35-,36-,40-,46-/m0/s1. The average molecular weight is 885 g/mol. The molecule has 3 aliphatic heterocycles. The Balaban J connectivity index is 1.57. The predicted octanol–water partition coefficient (Wildman–Crippen LogP) is 5.05. The van der Waals surface area contributed by atoms with Gasteiger partial charge in [0.15, 0.2) is 5.75 Å². The molecule has 4 heterocycles. The van der Waals surface area contributed by atoms with E-state index in [2.05, 4.69) is 15.4 Å². The lowest BCUT2D eigenvalue weighted by atomic mass is 9.78. The van der Waals surface area contributed by atoms with Gasteiger partial charge in [0.1, 0.15) is 23.4 Å². The van der Waals surface area contributed by atoms with Gasteiger partial charge in [-0.15, -0.1) is 4.68 Å². The molecule has 0 saturated heterocycles. The number of fused-ring (bicyclic) bond motifs is 15. The number of allylic oxidation sites excluding steroid dienone is 2. The van der Waals surface area contributed by atoms with Crippen molar-refractivity contribution in [3.63, 3.8) is 0 Å². The van der Waals surface area contributed by atoms with E-state index in [4.69, 9.17) is 18.9 Å². The lowest BCUT2D eigenvalue weighted by molar-refractivity contribution is -0.160. The molecule has 18 heteroatoms. The van der Waals surface area contributed by atoms with Gasteiger partial charge in [-0.1, -0.05) is 58.1 Å². The van der Waals surface area contributed by atoms with Crippen LogP contribution in [0.4, 0.5) is 5.69 Å². The van der Waals surface area contributed by atoms with Crippen molar-refractivity contribution in [3.8, 4) is 29.0 Å². The minimum Gasteiger partial charge on any atom is -0.507 e. The summed E-state index contributed by atoms with van der Waals surface area (Å²) in [4.78, 5) is 58.2. The van der Waals surface area contributed by atoms with Gasteiger partial charge in [0, 0.05) is 61.2 Å². The SMILES string of the molecule is CO[C@@H]1C=CO[C@@]2(C)Oc3c(C)c(O)c4c(O)c(c(C=Nn5c(O)nc6ccccc6c5=O)c(O)c4c3C2=O)NC(=O)C(C)=CC=C[C@H](C)[C@H](O)[C@H](C)[C@H](O)[C@H](C)[C@@H](OC(C)=O)[C@@H]1C. The molecule has 4 aromatic rings. The van der Waals surface area contributed by atoms with Crippen molar-refractivity contribution in [2.45, 2.75) is 85.6 Å². The van der Waals surface area contributed by atoms with Crippen LogP contribution in [0.3, 0.4) is 0 Å². The van der Waals surface area contributed by atoms with Crippen molar-refractivity contribution >= 4 is 51.2 Å². The summed E-state index contributed by atoms with van der Waals surface area (Å²) in [6.45, 7) is 12.1. The van der Waals surface area contributed by atoms with Crippen molar-refractivity contribution in [2.24, 2.45) is 28.8 Å². The normalized spacial score (nSPS) is 26.9. The van der Waals surface area contributed by atoms with Crippen LogP contribution in [-0.4, -0.2) is 101 Å². The number of nitrogens with zero attached hydrogens (tertiary/aromatic N) is 3. The van der Waals surface area contributed by atoms with Crippen LogP contribution < -0.4 is 15.6 Å². The molecule has 0 radical (unpaired) electrons. The molecule has 7 N–H and O–H groups in total. The number of anilines is 1. The highest BCUT2D eigenvalue weighted by Gasteiger charge is 2.50. The number of aliphatic hydroxyl groups excluding tert-OH is 2. The maximum atomic E-state index is 14.5. The third-order valence-corrected chi connectivity index (χ3v) is 12.1. The van der Waals surface area contributed by atoms with E-state index >= 15 is 0 Å². The first-order chi connectivity index (χ1) is 30.1. The summed E-state index contributed by atoms with van der Waals surface area (Å²) in [5, 5.41) is 75.2. The highest BCUT2D eigenvalue weighted by atomic mass is 16.7. The topological polar surface area (TPSA) is 269 Å². The number of ether oxygens (including phenoxy) is 4. The number of rotatable bonds is 4.